The quantitative estimate of drug-likeness (QED) is 0.942. The van der Waals surface area contributed by atoms with E-state index in [2.05, 4.69) is 46.9 Å². The fourth-order valence-corrected chi connectivity index (χ4v) is 3.57. The standard InChI is InChI=1S/C18H26N4O/c1-4-15-12-21(14(3)23)9-7-17(15)19-10-16-11-20-18-13(2)6-5-8-22(16)18/h5-6,8,11,15,17,19H,4,7,9-10,12H2,1-3H3. The van der Waals surface area contributed by atoms with E-state index in [-0.39, 0.29) is 5.91 Å². The molecule has 1 N–H and O–H groups in total. The van der Waals surface area contributed by atoms with Crippen molar-refractivity contribution in [1.82, 2.24) is 19.6 Å². The number of hydrogen-bond donors (Lipinski definition) is 1. The average molecular weight is 314 g/mol. The summed E-state index contributed by atoms with van der Waals surface area (Å²) in [6.45, 7) is 8.50. The van der Waals surface area contributed by atoms with Gasteiger partial charge in [0.05, 0.1) is 11.9 Å². The Morgan fingerprint density at radius 2 is 2.30 bits per heavy atom. The van der Waals surface area contributed by atoms with Crippen LogP contribution in [0.4, 0.5) is 0 Å². The third-order valence-corrected chi connectivity index (χ3v) is 5.06. The van der Waals surface area contributed by atoms with Gasteiger partial charge in [0.25, 0.3) is 0 Å². The molecule has 1 aliphatic rings. The largest absolute Gasteiger partial charge is 0.343 e. The maximum Gasteiger partial charge on any atom is 0.219 e. The topological polar surface area (TPSA) is 49.6 Å². The van der Waals surface area contributed by atoms with E-state index < -0.39 is 0 Å². The second-order valence-corrected chi connectivity index (χ2v) is 6.54. The zero-order valence-corrected chi connectivity index (χ0v) is 14.2. The summed E-state index contributed by atoms with van der Waals surface area (Å²) in [5, 5.41) is 3.70. The molecule has 3 heterocycles. The minimum absolute atomic E-state index is 0.194. The molecule has 3 rings (SSSR count). The number of likely N-dealkylation sites (tertiary alicyclic amines) is 1. The lowest BCUT2D eigenvalue weighted by Gasteiger charge is -2.38. The summed E-state index contributed by atoms with van der Waals surface area (Å²) < 4.78 is 2.16. The van der Waals surface area contributed by atoms with Crippen LogP contribution in [-0.2, 0) is 11.3 Å². The third kappa shape index (κ3) is 3.24. The van der Waals surface area contributed by atoms with Crippen molar-refractivity contribution in [3.8, 4) is 0 Å². The van der Waals surface area contributed by atoms with Crippen LogP contribution in [0.2, 0.25) is 0 Å². The molecule has 5 nitrogen and oxygen atoms in total. The van der Waals surface area contributed by atoms with Crippen LogP contribution in [0.3, 0.4) is 0 Å². The Hall–Kier alpha value is -1.88. The molecule has 0 spiro atoms. The number of pyridine rings is 1. The van der Waals surface area contributed by atoms with E-state index in [1.165, 1.54) is 11.3 Å². The smallest absolute Gasteiger partial charge is 0.219 e. The van der Waals surface area contributed by atoms with Crippen molar-refractivity contribution in [2.24, 2.45) is 5.92 Å². The minimum atomic E-state index is 0.194. The summed E-state index contributed by atoms with van der Waals surface area (Å²) in [6.07, 6.45) is 6.14. The summed E-state index contributed by atoms with van der Waals surface area (Å²) >= 11 is 0. The number of aromatic nitrogens is 2. The molecule has 1 saturated heterocycles. The summed E-state index contributed by atoms with van der Waals surface area (Å²) in [5.74, 6) is 0.715. The lowest BCUT2D eigenvalue weighted by Crippen LogP contribution is -2.50. The zero-order chi connectivity index (χ0) is 16.4. The fourth-order valence-electron chi connectivity index (χ4n) is 3.57. The molecule has 5 heteroatoms. The summed E-state index contributed by atoms with van der Waals surface area (Å²) in [4.78, 5) is 18.1. The van der Waals surface area contributed by atoms with Gasteiger partial charge in [0.2, 0.25) is 5.91 Å². The average Bonchev–Trinajstić information content (AvgIpc) is 2.97. The first-order valence-corrected chi connectivity index (χ1v) is 8.50. The number of carbonyl (C=O) groups is 1. The number of nitrogens with one attached hydrogen (secondary N) is 1. The Bertz CT molecular complexity index is 693. The van der Waals surface area contributed by atoms with Crippen molar-refractivity contribution in [1.29, 1.82) is 0 Å². The molecule has 0 saturated carbocycles. The van der Waals surface area contributed by atoms with E-state index in [4.69, 9.17) is 0 Å². The number of nitrogens with zero attached hydrogens (tertiary/aromatic N) is 3. The van der Waals surface area contributed by atoms with Crippen molar-refractivity contribution in [3.05, 3.63) is 35.8 Å². The highest BCUT2D eigenvalue weighted by Gasteiger charge is 2.28. The fraction of sp³-hybridized carbons (Fsp3) is 0.556. The number of hydrogen-bond acceptors (Lipinski definition) is 3. The molecule has 124 valence electrons. The van der Waals surface area contributed by atoms with Crippen LogP contribution in [0.25, 0.3) is 5.65 Å². The van der Waals surface area contributed by atoms with Crippen molar-refractivity contribution >= 4 is 11.6 Å². The first-order valence-electron chi connectivity index (χ1n) is 8.50. The Kier molecular flexibility index (Phi) is 4.66. The first kappa shape index (κ1) is 16.0. The van der Waals surface area contributed by atoms with Gasteiger partial charge in [-0.15, -0.1) is 0 Å². The molecule has 23 heavy (non-hydrogen) atoms. The Balaban J connectivity index is 1.67. The molecule has 1 fully saturated rings. The number of aryl methyl sites for hydroxylation is 1. The van der Waals surface area contributed by atoms with Crippen LogP contribution in [0, 0.1) is 12.8 Å². The molecule has 0 aliphatic carbocycles. The van der Waals surface area contributed by atoms with Gasteiger partial charge in [-0.3, -0.25) is 4.79 Å². The van der Waals surface area contributed by atoms with Crippen LogP contribution in [0.5, 0.6) is 0 Å². The predicted octanol–water partition coefficient (Wildman–Crippen LogP) is 2.38. The number of fused-ring (bicyclic) bond motifs is 1. The molecule has 2 aromatic heterocycles. The molecule has 1 amide bonds. The highest BCUT2D eigenvalue weighted by molar-refractivity contribution is 5.73. The maximum absolute atomic E-state index is 11.6. The molecular formula is C18H26N4O. The molecule has 2 unspecified atom stereocenters. The highest BCUT2D eigenvalue weighted by atomic mass is 16.2. The second-order valence-electron chi connectivity index (χ2n) is 6.54. The molecule has 0 bridgehead atoms. The Morgan fingerprint density at radius 1 is 1.48 bits per heavy atom. The van der Waals surface area contributed by atoms with Gasteiger partial charge >= 0.3 is 0 Å². The van der Waals surface area contributed by atoms with Crippen LogP contribution < -0.4 is 5.32 Å². The number of imidazole rings is 1. The monoisotopic (exact) mass is 314 g/mol. The van der Waals surface area contributed by atoms with Gasteiger partial charge in [0.15, 0.2) is 0 Å². The third-order valence-electron chi connectivity index (χ3n) is 5.06. The molecule has 0 radical (unpaired) electrons. The van der Waals surface area contributed by atoms with Crippen molar-refractivity contribution < 1.29 is 4.79 Å². The Morgan fingerprint density at radius 3 is 3.04 bits per heavy atom. The predicted molar refractivity (Wildman–Crippen MR) is 91.2 cm³/mol. The molecule has 2 aromatic rings. The molecule has 2 atom stereocenters. The summed E-state index contributed by atoms with van der Waals surface area (Å²) in [7, 11) is 0. The van der Waals surface area contributed by atoms with E-state index in [0.717, 1.165) is 38.1 Å². The van der Waals surface area contributed by atoms with Gasteiger partial charge in [-0.1, -0.05) is 19.4 Å². The summed E-state index contributed by atoms with van der Waals surface area (Å²) in [5.41, 5.74) is 3.41. The molecule has 0 aromatic carbocycles. The van der Waals surface area contributed by atoms with Gasteiger partial charge in [-0.05, 0) is 30.9 Å². The van der Waals surface area contributed by atoms with Crippen LogP contribution in [0.1, 0.15) is 37.9 Å². The molecular weight excluding hydrogens is 288 g/mol. The van der Waals surface area contributed by atoms with Gasteiger partial charge in [0, 0.05) is 38.8 Å². The Labute approximate surface area is 137 Å². The van der Waals surface area contributed by atoms with Crippen LogP contribution in [-0.4, -0.2) is 39.3 Å². The van der Waals surface area contributed by atoms with Crippen molar-refractivity contribution in [3.63, 3.8) is 0 Å². The first-order chi connectivity index (χ1) is 11.1. The number of carbonyl (C=O) groups excluding carboxylic acids is 1. The van der Waals surface area contributed by atoms with E-state index in [1.54, 1.807) is 6.92 Å². The summed E-state index contributed by atoms with van der Waals surface area (Å²) in [6, 6.07) is 4.61. The lowest BCUT2D eigenvalue weighted by atomic mass is 9.90. The highest BCUT2D eigenvalue weighted by Crippen LogP contribution is 2.21. The molecule has 1 aliphatic heterocycles. The normalized spacial score (nSPS) is 21.8. The van der Waals surface area contributed by atoms with Gasteiger partial charge in [-0.25, -0.2) is 4.98 Å². The van der Waals surface area contributed by atoms with E-state index in [0.29, 0.717) is 12.0 Å². The minimum Gasteiger partial charge on any atom is -0.343 e. The van der Waals surface area contributed by atoms with Gasteiger partial charge < -0.3 is 14.6 Å². The van der Waals surface area contributed by atoms with E-state index >= 15 is 0 Å². The maximum atomic E-state index is 11.6. The van der Waals surface area contributed by atoms with Gasteiger partial charge in [0.1, 0.15) is 5.65 Å². The number of amides is 1. The van der Waals surface area contributed by atoms with Crippen LogP contribution >= 0.6 is 0 Å². The van der Waals surface area contributed by atoms with Gasteiger partial charge in [-0.2, -0.15) is 0 Å². The zero-order valence-electron chi connectivity index (χ0n) is 14.2. The van der Waals surface area contributed by atoms with E-state index in [1.807, 2.05) is 11.1 Å². The lowest BCUT2D eigenvalue weighted by molar-refractivity contribution is -0.131. The SMILES string of the molecule is CCC1CN(C(C)=O)CCC1NCc1cnc2c(C)cccn12. The van der Waals surface area contributed by atoms with Crippen molar-refractivity contribution in [2.75, 3.05) is 13.1 Å². The van der Waals surface area contributed by atoms with E-state index in [9.17, 15) is 4.79 Å². The number of piperidine rings is 1. The van der Waals surface area contributed by atoms with Crippen molar-refractivity contribution in [2.45, 2.75) is 46.2 Å². The van der Waals surface area contributed by atoms with Crippen LogP contribution in [0.15, 0.2) is 24.5 Å². The number of rotatable bonds is 4. The second kappa shape index (κ2) is 6.71.